The van der Waals surface area contributed by atoms with E-state index >= 15 is 0 Å². The van der Waals surface area contributed by atoms with Crippen LogP contribution in [0.25, 0.3) is 5.69 Å². The van der Waals surface area contributed by atoms with Crippen LogP contribution in [0, 0.1) is 0 Å². The smallest absolute Gasteiger partial charge is 0.417 e. The summed E-state index contributed by atoms with van der Waals surface area (Å²) in [7, 11) is 0. The zero-order chi connectivity index (χ0) is 16.3. The number of ether oxygens (including phenoxy) is 1. The zero-order valence-electron chi connectivity index (χ0n) is 11.6. The molecule has 0 radical (unpaired) electrons. The second-order valence-corrected chi connectivity index (χ2v) is 4.39. The van der Waals surface area contributed by atoms with Crippen LogP contribution < -0.4 is 5.56 Å². The van der Waals surface area contributed by atoms with E-state index in [2.05, 4.69) is 0 Å². The van der Waals surface area contributed by atoms with Crippen LogP contribution in [0.3, 0.4) is 0 Å². The van der Waals surface area contributed by atoms with Gasteiger partial charge >= 0.3 is 12.1 Å². The molecule has 0 saturated carbocycles. The van der Waals surface area contributed by atoms with Gasteiger partial charge in [0, 0.05) is 18.0 Å². The first-order chi connectivity index (χ1) is 10.3. The molecule has 0 bridgehead atoms. The number of aromatic nitrogens is 1. The lowest BCUT2D eigenvalue weighted by atomic mass is 10.2. The molecule has 0 aliphatic carbocycles. The van der Waals surface area contributed by atoms with Crippen molar-refractivity contribution in [2.24, 2.45) is 0 Å². The molecule has 0 fully saturated rings. The van der Waals surface area contributed by atoms with E-state index < -0.39 is 23.3 Å². The largest absolute Gasteiger partial charge is 0.462 e. The van der Waals surface area contributed by atoms with Crippen LogP contribution in [-0.4, -0.2) is 17.1 Å². The molecular weight excluding hydrogens is 299 g/mol. The Bertz CT molecular complexity index is 733. The van der Waals surface area contributed by atoms with Gasteiger partial charge < -0.3 is 4.74 Å². The number of hydrogen-bond acceptors (Lipinski definition) is 3. The highest BCUT2D eigenvalue weighted by molar-refractivity contribution is 5.89. The standard InChI is InChI=1S/C15H12F3NO3/c1-2-22-14(21)10-3-6-12(7-4-10)19-9-11(15(16,17)18)5-8-13(19)20/h3-9H,2H2,1H3. The van der Waals surface area contributed by atoms with Crippen molar-refractivity contribution in [3.05, 3.63) is 64.1 Å². The van der Waals surface area contributed by atoms with Gasteiger partial charge in [0.1, 0.15) is 0 Å². The predicted molar refractivity (Wildman–Crippen MR) is 73.0 cm³/mol. The summed E-state index contributed by atoms with van der Waals surface area (Å²) in [5.41, 5.74) is -1.05. The molecule has 0 aliphatic heterocycles. The molecule has 2 aromatic rings. The minimum absolute atomic E-state index is 0.216. The van der Waals surface area contributed by atoms with Crippen LogP contribution >= 0.6 is 0 Å². The molecule has 1 aromatic heterocycles. The Labute approximate surface area is 123 Å². The fourth-order valence-corrected chi connectivity index (χ4v) is 1.83. The number of hydrogen-bond donors (Lipinski definition) is 0. The van der Waals surface area contributed by atoms with Crippen LogP contribution in [0.2, 0.25) is 0 Å². The van der Waals surface area contributed by atoms with Gasteiger partial charge in [0.25, 0.3) is 5.56 Å². The van der Waals surface area contributed by atoms with E-state index in [4.69, 9.17) is 4.74 Å². The second kappa shape index (κ2) is 6.05. The number of esters is 1. The monoisotopic (exact) mass is 311 g/mol. The van der Waals surface area contributed by atoms with Crippen molar-refractivity contribution in [2.45, 2.75) is 13.1 Å². The van der Waals surface area contributed by atoms with Crippen LogP contribution in [0.4, 0.5) is 13.2 Å². The number of rotatable bonds is 3. The Balaban J connectivity index is 2.40. The SMILES string of the molecule is CCOC(=O)c1ccc(-n2cc(C(F)(F)F)ccc2=O)cc1. The van der Waals surface area contributed by atoms with Crippen LogP contribution in [0.5, 0.6) is 0 Å². The molecule has 116 valence electrons. The number of carbonyl (C=O) groups is 1. The van der Waals surface area contributed by atoms with Gasteiger partial charge in [0.2, 0.25) is 0 Å². The lowest BCUT2D eigenvalue weighted by molar-refractivity contribution is -0.138. The van der Waals surface area contributed by atoms with Gasteiger partial charge in [-0.1, -0.05) is 0 Å². The minimum atomic E-state index is -4.54. The number of alkyl halides is 3. The summed E-state index contributed by atoms with van der Waals surface area (Å²) < 4.78 is 43.8. The lowest BCUT2D eigenvalue weighted by Gasteiger charge is -2.11. The summed E-state index contributed by atoms with van der Waals surface area (Å²) in [4.78, 5) is 23.2. The summed E-state index contributed by atoms with van der Waals surface area (Å²) in [5, 5.41) is 0. The van der Waals surface area contributed by atoms with E-state index in [1.54, 1.807) is 6.92 Å². The maximum absolute atomic E-state index is 12.7. The molecule has 0 aliphatic rings. The number of carbonyl (C=O) groups excluding carboxylic acids is 1. The third kappa shape index (κ3) is 3.36. The van der Waals surface area contributed by atoms with E-state index in [9.17, 15) is 22.8 Å². The van der Waals surface area contributed by atoms with Crippen molar-refractivity contribution >= 4 is 5.97 Å². The molecule has 2 rings (SSSR count). The highest BCUT2D eigenvalue weighted by Gasteiger charge is 2.31. The minimum Gasteiger partial charge on any atom is -0.462 e. The number of pyridine rings is 1. The number of nitrogens with zero attached hydrogens (tertiary/aromatic N) is 1. The van der Waals surface area contributed by atoms with Gasteiger partial charge in [-0.2, -0.15) is 13.2 Å². The maximum atomic E-state index is 12.7. The van der Waals surface area contributed by atoms with Crippen molar-refractivity contribution in [2.75, 3.05) is 6.61 Å². The van der Waals surface area contributed by atoms with Crippen LogP contribution in [0.1, 0.15) is 22.8 Å². The average Bonchev–Trinajstić information content (AvgIpc) is 2.47. The Morgan fingerprint density at radius 3 is 2.32 bits per heavy atom. The van der Waals surface area contributed by atoms with E-state index in [0.29, 0.717) is 0 Å². The number of halogens is 3. The fraction of sp³-hybridized carbons (Fsp3) is 0.200. The quantitative estimate of drug-likeness (QED) is 0.819. The summed E-state index contributed by atoms with van der Waals surface area (Å²) in [5.74, 6) is -0.537. The Morgan fingerprint density at radius 1 is 1.14 bits per heavy atom. The summed E-state index contributed by atoms with van der Waals surface area (Å²) in [6.45, 7) is 1.88. The first-order valence-corrected chi connectivity index (χ1v) is 6.40. The zero-order valence-corrected chi connectivity index (χ0v) is 11.6. The summed E-state index contributed by atoms with van der Waals surface area (Å²) in [6, 6.07) is 7.12. The lowest BCUT2D eigenvalue weighted by Crippen LogP contribution is -2.19. The van der Waals surface area contributed by atoms with Gasteiger partial charge in [-0.25, -0.2) is 4.79 Å². The Morgan fingerprint density at radius 2 is 1.77 bits per heavy atom. The van der Waals surface area contributed by atoms with Crippen molar-refractivity contribution < 1.29 is 22.7 Å². The van der Waals surface area contributed by atoms with Gasteiger partial charge in [0.05, 0.1) is 17.7 Å². The van der Waals surface area contributed by atoms with E-state index in [-0.39, 0.29) is 17.9 Å². The molecule has 0 spiro atoms. The fourth-order valence-electron chi connectivity index (χ4n) is 1.83. The maximum Gasteiger partial charge on any atom is 0.417 e. The van der Waals surface area contributed by atoms with Gasteiger partial charge in [-0.15, -0.1) is 0 Å². The molecular formula is C15H12F3NO3. The van der Waals surface area contributed by atoms with Crippen LogP contribution in [0.15, 0.2) is 47.4 Å². The molecule has 0 amide bonds. The van der Waals surface area contributed by atoms with Crippen LogP contribution in [-0.2, 0) is 10.9 Å². The van der Waals surface area contributed by atoms with Crippen molar-refractivity contribution in [1.82, 2.24) is 4.57 Å². The third-order valence-electron chi connectivity index (χ3n) is 2.90. The van der Waals surface area contributed by atoms with Crippen molar-refractivity contribution in [1.29, 1.82) is 0 Å². The molecule has 1 heterocycles. The molecule has 4 nitrogen and oxygen atoms in total. The molecule has 22 heavy (non-hydrogen) atoms. The topological polar surface area (TPSA) is 48.3 Å². The van der Waals surface area contributed by atoms with Gasteiger partial charge in [0.15, 0.2) is 0 Å². The molecule has 0 atom stereocenters. The molecule has 0 saturated heterocycles. The van der Waals surface area contributed by atoms with E-state index in [1.807, 2.05) is 0 Å². The highest BCUT2D eigenvalue weighted by Crippen LogP contribution is 2.28. The molecule has 0 N–H and O–H groups in total. The third-order valence-corrected chi connectivity index (χ3v) is 2.90. The van der Waals surface area contributed by atoms with E-state index in [0.717, 1.165) is 22.9 Å². The van der Waals surface area contributed by atoms with Gasteiger partial charge in [-0.3, -0.25) is 9.36 Å². The predicted octanol–water partition coefficient (Wildman–Crippen LogP) is 3.03. The average molecular weight is 311 g/mol. The first kappa shape index (κ1) is 15.8. The van der Waals surface area contributed by atoms with E-state index in [1.165, 1.54) is 24.3 Å². The van der Waals surface area contributed by atoms with Crippen molar-refractivity contribution in [3.8, 4) is 5.69 Å². The van der Waals surface area contributed by atoms with Crippen molar-refractivity contribution in [3.63, 3.8) is 0 Å². The Hall–Kier alpha value is -2.57. The molecule has 1 aromatic carbocycles. The molecule has 7 heteroatoms. The van der Waals surface area contributed by atoms with Gasteiger partial charge in [-0.05, 0) is 37.3 Å². The normalized spacial score (nSPS) is 11.3. The Kier molecular flexibility index (Phi) is 4.35. The second-order valence-electron chi connectivity index (χ2n) is 4.39. The first-order valence-electron chi connectivity index (χ1n) is 6.40. The summed E-state index contributed by atoms with van der Waals surface area (Å²) in [6.07, 6.45) is -3.82. The highest BCUT2D eigenvalue weighted by atomic mass is 19.4. The summed E-state index contributed by atoms with van der Waals surface area (Å²) >= 11 is 0. The number of benzene rings is 1. The molecule has 0 unspecified atom stereocenters.